The van der Waals surface area contributed by atoms with Crippen LogP contribution < -0.4 is 14.4 Å². The molecule has 0 heterocycles. The van der Waals surface area contributed by atoms with Crippen molar-refractivity contribution < 1.29 is 34.4 Å². The second-order valence-electron chi connectivity index (χ2n) is 8.23. The number of aromatic hydroxyl groups is 2. The fourth-order valence-corrected chi connectivity index (χ4v) is 3.49. The van der Waals surface area contributed by atoms with Crippen LogP contribution in [0.4, 0.5) is 10.5 Å². The molecule has 0 saturated carbocycles. The molecule has 0 aliphatic rings. The average molecular weight is 466 g/mol. The maximum absolute atomic E-state index is 12.8. The lowest BCUT2D eigenvalue weighted by Crippen LogP contribution is -2.38. The van der Waals surface area contributed by atoms with Crippen LogP contribution in [0.15, 0.2) is 54.6 Å². The van der Waals surface area contributed by atoms with Crippen LogP contribution in [0.25, 0.3) is 0 Å². The number of hydrogen-bond acceptors (Lipinski definition) is 6. The minimum atomic E-state index is -1.21. The van der Waals surface area contributed by atoms with E-state index in [1.807, 2.05) is 13.8 Å². The first-order valence-corrected chi connectivity index (χ1v) is 10.7. The van der Waals surface area contributed by atoms with Gasteiger partial charge in [-0.25, -0.2) is 4.79 Å². The Labute approximate surface area is 197 Å². The Kier molecular flexibility index (Phi) is 7.31. The first-order chi connectivity index (χ1) is 16.0. The number of carboxylic acid groups (broad SMARTS) is 1. The molecule has 1 amide bonds. The summed E-state index contributed by atoms with van der Waals surface area (Å²) in [5, 5.41) is 28.8. The topological polar surface area (TPSA) is 117 Å². The van der Waals surface area contributed by atoms with Crippen molar-refractivity contribution in [2.75, 3.05) is 11.4 Å². The molecule has 0 aliphatic carbocycles. The monoisotopic (exact) mass is 465 g/mol. The smallest absolute Gasteiger partial charge is 0.420 e. The second kappa shape index (κ2) is 10.2. The number of carbonyl (C=O) groups excluding carboxylic acids is 1. The minimum absolute atomic E-state index is 0.0122. The molecule has 0 aromatic heterocycles. The first kappa shape index (κ1) is 24.4. The van der Waals surface area contributed by atoms with E-state index in [4.69, 9.17) is 9.47 Å². The van der Waals surface area contributed by atoms with Crippen molar-refractivity contribution in [1.82, 2.24) is 0 Å². The van der Waals surface area contributed by atoms with Gasteiger partial charge in [0.25, 0.3) is 0 Å². The van der Waals surface area contributed by atoms with Crippen molar-refractivity contribution in [3.8, 4) is 28.7 Å². The molecule has 3 aromatic carbocycles. The van der Waals surface area contributed by atoms with E-state index in [1.54, 1.807) is 44.2 Å². The highest BCUT2D eigenvalue weighted by molar-refractivity contribution is 5.94. The molecule has 0 unspecified atom stereocenters. The standard InChI is InChI=1S/C26H27NO7/c1-15(2)22-13-21(9-10-23(22)29)33-25-16(3)11-18(12-17(25)4)27(14-24(30)31)26(32)34-20-7-5-19(28)6-8-20/h5-13,15,28-29H,14H2,1-4H3,(H,30,31). The summed E-state index contributed by atoms with van der Waals surface area (Å²) in [6.07, 6.45) is -0.874. The Hall–Kier alpha value is -4.20. The van der Waals surface area contributed by atoms with E-state index in [0.29, 0.717) is 28.3 Å². The number of amides is 1. The summed E-state index contributed by atoms with van der Waals surface area (Å²) in [6, 6.07) is 13.8. The molecule has 178 valence electrons. The SMILES string of the molecule is Cc1cc(N(CC(=O)O)C(=O)Oc2ccc(O)cc2)cc(C)c1Oc1ccc(O)c(C(C)C)c1. The average Bonchev–Trinajstić information content (AvgIpc) is 2.76. The van der Waals surface area contributed by atoms with E-state index in [1.165, 1.54) is 24.3 Å². The summed E-state index contributed by atoms with van der Waals surface area (Å²) in [5.41, 5.74) is 2.46. The van der Waals surface area contributed by atoms with Gasteiger partial charge in [-0.3, -0.25) is 9.69 Å². The van der Waals surface area contributed by atoms with Crippen molar-refractivity contribution in [2.45, 2.75) is 33.6 Å². The molecule has 0 bridgehead atoms. The summed E-state index contributed by atoms with van der Waals surface area (Å²) in [7, 11) is 0. The van der Waals surface area contributed by atoms with Gasteiger partial charge in [0.1, 0.15) is 35.3 Å². The van der Waals surface area contributed by atoms with Crippen molar-refractivity contribution in [3.63, 3.8) is 0 Å². The third-order valence-corrected chi connectivity index (χ3v) is 5.15. The number of hydrogen-bond donors (Lipinski definition) is 3. The van der Waals surface area contributed by atoms with Gasteiger partial charge in [0.2, 0.25) is 0 Å². The molecule has 3 N–H and O–H groups in total. The van der Waals surface area contributed by atoms with Gasteiger partial charge in [-0.1, -0.05) is 13.8 Å². The van der Waals surface area contributed by atoms with Crippen LogP contribution in [-0.4, -0.2) is 33.9 Å². The molecule has 8 nitrogen and oxygen atoms in total. The minimum Gasteiger partial charge on any atom is -0.508 e. The third kappa shape index (κ3) is 5.78. The van der Waals surface area contributed by atoms with Crippen molar-refractivity contribution in [1.29, 1.82) is 0 Å². The second-order valence-corrected chi connectivity index (χ2v) is 8.23. The van der Waals surface area contributed by atoms with E-state index >= 15 is 0 Å². The number of nitrogens with zero attached hydrogens (tertiary/aromatic N) is 1. The van der Waals surface area contributed by atoms with Crippen LogP contribution in [0.3, 0.4) is 0 Å². The van der Waals surface area contributed by atoms with Crippen molar-refractivity contribution >= 4 is 17.7 Å². The van der Waals surface area contributed by atoms with Crippen LogP contribution in [0.5, 0.6) is 28.7 Å². The number of anilines is 1. The number of carbonyl (C=O) groups is 2. The molecular formula is C26H27NO7. The number of ether oxygens (including phenoxy) is 2. The molecule has 0 spiro atoms. The zero-order chi connectivity index (χ0) is 25.0. The molecular weight excluding hydrogens is 438 g/mol. The van der Waals surface area contributed by atoms with Gasteiger partial charge in [0.15, 0.2) is 0 Å². The summed E-state index contributed by atoms with van der Waals surface area (Å²) in [6.45, 7) is 6.92. The molecule has 0 atom stereocenters. The third-order valence-electron chi connectivity index (χ3n) is 5.15. The van der Waals surface area contributed by atoms with Gasteiger partial charge >= 0.3 is 12.1 Å². The maximum Gasteiger partial charge on any atom is 0.420 e. The molecule has 8 heteroatoms. The fourth-order valence-electron chi connectivity index (χ4n) is 3.49. The number of rotatable bonds is 7. The Morgan fingerprint density at radius 1 is 0.912 bits per heavy atom. The Bertz CT molecular complexity index is 1180. The summed E-state index contributed by atoms with van der Waals surface area (Å²) >= 11 is 0. The molecule has 0 aliphatic heterocycles. The number of aryl methyl sites for hydroxylation is 2. The van der Waals surface area contributed by atoms with Gasteiger partial charge in [0.05, 0.1) is 0 Å². The molecule has 3 rings (SSSR count). The van der Waals surface area contributed by atoms with Crippen LogP contribution >= 0.6 is 0 Å². The van der Waals surface area contributed by atoms with E-state index in [2.05, 4.69) is 0 Å². The highest BCUT2D eigenvalue weighted by Crippen LogP contribution is 2.36. The van der Waals surface area contributed by atoms with Crippen LogP contribution in [-0.2, 0) is 4.79 Å². The van der Waals surface area contributed by atoms with Gasteiger partial charge in [0, 0.05) is 11.3 Å². The highest BCUT2D eigenvalue weighted by atomic mass is 16.6. The number of aliphatic carboxylic acids is 1. The van der Waals surface area contributed by atoms with Crippen LogP contribution in [0.1, 0.15) is 36.5 Å². The maximum atomic E-state index is 12.8. The van der Waals surface area contributed by atoms with Crippen LogP contribution in [0, 0.1) is 13.8 Å². The lowest BCUT2D eigenvalue weighted by molar-refractivity contribution is -0.135. The lowest BCUT2D eigenvalue weighted by atomic mass is 10.0. The molecule has 34 heavy (non-hydrogen) atoms. The Morgan fingerprint density at radius 2 is 1.50 bits per heavy atom. The normalized spacial score (nSPS) is 10.7. The Morgan fingerprint density at radius 3 is 2.06 bits per heavy atom. The van der Waals surface area contributed by atoms with Crippen LogP contribution in [0.2, 0.25) is 0 Å². The molecule has 0 fully saturated rings. The largest absolute Gasteiger partial charge is 0.508 e. The number of phenolic OH excluding ortho intramolecular Hbond substituents is 2. The Balaban J connectivity index is 1.90. The quantitative estimate of drug-likeness (QED) is 0.408. The number of carboxylic acids is 1. The zero-order valence-corrected chi connectivity index (χ0v) is 19.4. The van der Waals surface area contributed by atoms with Gasteiger partial charge in [-0.05, 0) is 85.5 Å². The van der Waals surface area contributed by atoms with Crippen molar-refractivity contribution in [2.24, 2.45) is 0 Å². The summed E-state index contributed by atoms with van der Waals surface area (Å²) in [5.74, 6) is 0.391. The lowest BCUT2D eigenvalue weighted by Gasteiger charge is -2.23. The highest BCUT2D eigenvalue weighted by Gasteiger charge is 2.23. The summed E-state index contributed by atoms with van der Waals surface area (Å²) < 4.78 is 11.4. The van der Waals surface area contributed by atoms with E-state index in [0.717, 1.165) is 10.5 Å². The van der Waals surface area contributed by atoms with E-state index < -0.39 is 18.6 Å². The first-order valence-electron chi connectivity index (χ1n) is 10.7. The van der Waals surface area contributed by atoms with E-state index in [9.17, 15) is 24.9 Å². The molecule has 0 radical (unpaired) electrons. The molecule has 3 aromatic rings. The van der Waals surface area contributed by atoms with Gasteiger partial charge in [-0.2, -0.15) is 0 Å². The fraction of sp³-hybridized carbons (Fsp3) is 0.231. The number of phenols is 2. The van der Waals surface area contributed by atoms with E-state index in [-0.39, 0.29) is 23.2 Å². The predicted molar refractivity (Wildman–Crippen MR) is 127 cm³/mol. The van der Waals surface area contributed by atoms with Crippen molar-refractivity contribution in [3.05, 3.63) is 71.3 Å². The zero-order valence-electron chi connectivity index (χ0n) is 19.4. The van der Waals surface area contributed by atoms with Gasteiger partial charge < -0.3 is 24.8 Å². The van der Waals surface area contributed by atoms with Gasteiger partial charge in [-0.15, -0.1) is 0 Å². The summed E-state index contributed by atoms with van der Waals surface area (Å²) in [4.78, 5) is 25.2. The molecule has 0 saturated heterocycles. The number of benzene rings is 3. The predicted octanol–water partition coefficient (Wildman–Crippen LogP) is 5.72.